The number of hydrogen-bond acceptors (Lipinski definition) is 2. The highest BCUT2D eigenvalue weighted by atomic mass is 35.5. The maximum absolute atomic E-state index is 12.3. The van der Waals surface area contributed by atoms with E-state index >= 15 is 0 Å². The van der Waals surface area contributed by atoms with E-state index in [4.69, 9.17) is 27.9 Å². The molecule has 0 fully saturated rings. The minimum Gasteiger partial charge on any atom is -0.497 e. The van der Waals surface area contributed by atoms with Crippen molar-refractivity contribution in [3.8, 4) is 5.75 Å². The molecule has 3 nitrogen and oxygen atoms in total. The third-order valence-electron chi connectivity index (χ3n) is 3.25. The van der Waals surface area contributed by atoms with E-state index in [0.717, 1.165) is 11.3 Å². The molecule has 116 valence electrons. The average molecular weight is 338 g/mol. The normalized spacial score (nSPS) is 11.8. The van der Waals surface area contributed by atoms with E-state index < -0.39 is 0 Å². The van der Waals surface area contributed by atoms with Gasteiger partial charge in [0.05, 0.1) is 22.7 Å². The minimum atomic E-state index is -0.233. The van der Waals surface area contributed by atoms with Crippen LogP contribution in [0.2, 0.25) is 10.0 Å². The van der Waals surface area contributed by atoms with E-state index in [9.17, 15) is 4.79 Å². The fourth-order valence-electron chi connectivity index (χ4n) is 2.18. The molecule has 0 aromatic heterocycles. The van der Waals surface area contributed by atoms with Crippen molar-refractivity contribution in [3.05, 3.63) is 63.6 Å². The molecule has 2 rings (SSSR count). The first-order valence-electron chi connectivity index (χ1n) is 6.89. The molecule has 0 saturated heterocycles. The number of halogens is 2. The highest BCUT2D eigenvalue weighted by Gasteiger charge is 2.15. The highest BCUT2D eigenvalue weighted by Crippen LogP contribution is 2.25. The molecule has 2 aromatic rings. The zero-order chi connectivity index (χ0) is 16.1. The van der Waals surface area contributed by atoms with Crippen molar-refractivity contribution < 1.29 is 9.53 Å². The fraction of sp³-hybridized carbons (Fsp3) is 0.235. The van der Waals surface area contributed by atoms with E-state index in [-0.39, 0.29) is 17.0 Å². The smallest absolute Gasteiger partial charge is 0.253 e. The van der Waals surface area contributed by atoms with E-state index in [2.05, 4.69) is 5.32 Å². The van der Waals surface area contributed by atoms with E-state index in [1.54, 1.807) is 25.3 Å². The first-order valence-corrected chi connectivity index (χ1v) is 7.64. The van der Waals surface area contributed by atoms with Crippen LogP contribution in [-0.4, -0.2) is 19.1 Å². The molecule has 1 N–H and O–H groups in total. The van der Waals surface area contributed by atoms with Crippen molar-refractivity contribution in [2.24, 2.45) is 0 Å². The lowest BCUT2D eigenvalue weighted by Gasteiger charge is -2.15. The topological polar surface area (TPSA) is 38.3 Å². The van der Waals surface area contributed by atoms with Crippen LogP contribution >= 0.6 is 23.2 Å². The van der Waals surface area contributed by atoms with Gasteiger partial charge in [0, 0.05) is 6.04 Å². The third kappa shape index (κ3) is 4.15. The van der Waals surface area contributed by atoms with Gasteiger partial charge in [-0.25, -0.2) is 0 Å². The van der Waals surface area contributed by atoms with Crippen molar-refractivity contribution in [1.29, 1.82) is 0 Å². The number of amides is 1. The summed E-state index contributed by atoms with van der Waals surface area (Å²) >= 11 is 12.0. The van der Waals surface area contributed by atoms with Gasteiger partial charge in [0.2, 0.25) is 0 Å². The molecule has 1 atom stereocenters. The molecule has 0 spiro atoms. The number of carbonyl (C=O) groups is 1. The largest absolute Gasteiger partial charge is 0.497 e. The van der Waals surface area contributed by atoms with Gasteiger partial charge < -0.3 is 10.1 Å². The Morgan fingerprint density at radius 1 is 1.23 bits per heavy atom. The molecule has 1 unspecified atom stereocenters. The molecule has 2 aromatic carbocycles. The van der Waals surface area contributed by atoms with Gasteiger partial charge in [0.25, 0.3) is 5.91 Å². The van der Waals surface area contributed by atoms with Gasteiger partial charge in [-0.1, -0.05) is 41.4 Å². The fourth-order valence-corrected chi connectivity index (χ4v) is 2.57. The molecule has 5 heteroatoms. The van der Waals surface area contributed by atoms with Crippen LogP contribution in [0, 0.1) is 0 Å². The number of rotatable bonds is 5. The first kappa shape index (κ1) is 16.7. The van der Waals surface area contributed by atoms with Gasteiger partial charge >= 0.3 is 0 Å². The van der Waals surface area contributed by atoms with Gasteiger partial charge in [-0.3, -0.25) is 4.79 Å². The molecule has 0 aliphatic carbocycles. The Balaban J connectivity index is 2.03. The third-order valence-corrected chi connectivity index (χ3v) is 4.07. The first-order chi connectivity index (χ1) is 10.5. The summed E-state index contributed by atoms with van der Waals surface area (Å²) < 4.78 is 5.20. The number of methoxy groups -OCH3 is 1. The predicted molar refractivity (Wildman–Crippen MR) is 90.1 cm³/mol. The van der Waals surface area contributed by atoms with E-state index in [0.29, 0.717) is 17.0 Å². The molecule has 22 heavy (non-hydrogen) atoms. The van der Waals surface area contributed by atoms with Crippen LogP contribution in [0.4, 0.5) is 0 Å². The summed E-state index contributed by atoms with van der Waals surface area (Å²) in [6.45, 7) is 1.94. The zero-order valence-corrected chi connectivity index (χ0v) is 13.9. The Bertz CT molecular complexity index is 673. The Morgan fingerprint density at radius 3 is 2.68 bits per heavy atom. The van der Waals surface area contributed by atoms with Gasteiger partial charge in [-0.2, -0.15) is 0 Å². The molecular weight excluding hydrogens is 321 g/mol. The molecule has 0 heterocycles. The lowest BCUT2D eigenvalue weighted by atomic mass is 10.1. The average Bonchev–Trinajstić information content (AvgIpc) is 2.50. The predicted octanol–water partition coefficient (Wildman–Crippen LogP) is 4.36. The Morgan fingerprint density at radius 2 is 1.95 bits per heavy atom. The van der Waals surface area contributed by atoms with Crippen molar-refractivity contribution in [1.82, 2.24) is 5.32 Å². The highest BCUT2D eigenvalue weighted by molar-refractivity contribution is 6.43. The summed E-state index contributed by atoms with van der Waals surface area (Å²) in [6, 6.07) is 12.7. The SMILES string of the molecule is COc1cccc(CC(C)NC(=O)c2cccc(Cl)c2Cl)c1. The van der Waals surface area contributed by atoms with Crippen molar-refractivity contribution >= 4 is 29.1 Å². The summed E-state index contributed by atoms with van der Waals surface area (Å²) in [5.41, 5.74) is 1.47. The summed E-state index contributed by atoms with van der Waals surface area (Å²) in [6.07, 6.45) is 0.696. The Kier molecular flexibility index (Phi) is 5.69. The number of carbonyl (C=O) groups excluding carboxylic acids is 1. The van der Waals surface area contributed by atoms with E-state index in [1.807, 2.05) is 31.2 Å². The lowest BCUT2D eigenvalue weighted by molar-refractivity contribution is 0.0940. The minimum absolute atomic E-state index is 0.0466. The molecular formula is C17H17Cl2NO2. The second-order valence-corrected chi connectivity index (χ2v) is 5.82. The van der Waals surface area contributed by atoms with Gasteiger partial charge in [-0.15, -0.1) is 0 Å². The molecule has 0 radical (unpaired) electrons. The zero-order valence-electron chi connectivity index (χ0n) is 12.4. The number of ether oxygens (including phenoxy) is 1. The molecule has 0 bridgehead atoms. The molecule has 1 amide bonds. The molecule has 0 saturated carbocycles. The van der Waals surface area contributed by atoms with Crippen molar-refractivity contribution in [2.75, 3.05) is 7.11 Å². The van der Waals surface area contributed by atoms with Crippen LogP contribution < -0.4 is 10.1 Å². The van der Waals surface area contributed by atoms with Crippen LogP contribution in [0.1, 0.15) is 22.8 Å². The Hall–Kier alpha value is -1.71. The van der Waals surface area contributed by atoms with Gasteiger partial charge in [-0.05, 0) is 43.2 Å². The van der Waals surface area contributed by atoms with Gasteiger partial charge in [0.1, 0.15) is 5.75 Å². The van der Waals surface area contributed by atoms with Crippen molar-refractivity contribution in [3.63, 3.8) is 0 Å². The lowest BCUT2D eigenvalue weighted by Crippen LogP contribution is -2.34. The van der Waals surface area contributed by atoms with Crippen LogP contribution in [0.3, 0.4) is 0 Å². The van der Waals surface area contributed by atoms with E-state index in [1.165, 1.54) is 0 Å². The maximum Gasteiger partial charge on any atom is 0.253 e. The number of hydrogen-bond donors (Lipinski definition) is 1. The van der Waals surface area contributed by atoms with Crippen molar-refractivity contribution in [2.45, 2.75) is 19.4 Å². The van der Waals surface area contributed by atoms with Gasteiger partial charge in [0.15, 0.2) is 0 Å². The monoisotopic (exact) mass is 337 g/mol. The van der Waals surface area contributed by atoms with Crippen LogP contribution in [0.5, 0.6) is 5.75 Å². The Labute approximate surface area is 140 Å². The van der Waals surface area contributed by atoms with Crippen LogP contribution in [-0.2, 0) is 6.42 Å². The summed E-state index contributed by atoms with van der Waals surface area (Å²) in [5.74, 6) is 0.566. The number of nitrogens with one attached hydrogen (secondary N) is 1. The molecule has 0 aliphatic heterocycles. The van der Waals surface area contributed by atoms with Crippen LogP contribution in [0.25, 0.3) is 0 Å². The summed E-state index contributed by atoms with van der Waals surface area (Å²) in [7, 11) is 1.63. The second kappa shape index (κ2) is 7.52. The number of benzene rings is 2. The maximum atomic E-state index is 12.3. The standard InChI is InChI=1S/C17H17Cl2NO2/c1-11(9-12-5-3-6-13(10-12)22-2)20-17(21)14-7-4-8-15(18)16(14)19/h3-8,10-11H,9H2,1-2H3,(H,20,21). The quantitative estimate of drug-likeness (QED) is 0.879. The van der Waals surface area contributed by atoms with Crippen LogP contribution in [0.15, 0.2) is 42.5 Å². The second-order valence-electron chi connectivity index (χ2n) is 5.03. The summed E-state index contributed by atoms with van der Waals surface area (Å²) in [4.78, 5) is 12.3. The molecule has 0 aliphatic rings. The summed E-state index contributed by atoms with van der Waals surface area (Å²) in [5, 5.41) is 3.57.